The smallest absolute Gasteiger partial charge is 0.308 e. The normalized spacial score (nSPS) is 21.4. The van der Waals surface area contributed by atoms with E-state index in [0.717, 1.165) is 48.7 Å². The van der Waals surface area contributed by atoms with Gasteiger partial charge in [0.2, 0.25) is 0 Å². The summed E-state index contributed by atoms with van der Waals surface area (Å²) in [7, 11) is 0. The highest BCUT2D eigenvalue weighted by Crippen LogP contribution is 2.40. The van der Waals surface area contributed by atoms with Gasteiger partial charge in [-0.3, -0.25) is 4.79 Å². The van der Waals surface area contributed by atoms with Gasteiger partial charge < -0.3 is 10.0 Å². The van der Waals surface area contributed by atoms with Crippen LogP contribution in [0.25, 0.3) is 10.2 Å². The molecule has 1 saturated heterocycles. The highest BCUT2D eigenvalue weighted by Gasteiger charge is 2.29. The van der Waals surface area contributed by atoms with Gasteiger partial charge in [0.05, 0.1) is 11.3 Å². The minimum atomic E-state index is -0.691. The van der Waals surface area contributed by atoms with Crippen LogP contribution in [0.1, 0.15) is 41.9 Å². The first kappa shape index (κ1) is 14.9. The molecule has 0 bridgehead atoms. The van der Waals surface area contributed by atoms with E-state index in [4.69, 9.17) is 4.98 Å². The third-order valence-corrected chi connectivity index (χ3v) is 6.16. The summed E-state index contributed by atoms with van der Waals surface area (Å²) in [6.45, 7) is 3.38. The first-order chi connectivity index (χ1) is 11.1. The van der Waals surface area contributed by atoms with Crippen molar-refractivity contribution in [2.24, 2.45) is 5.92 Å². The first-order valence-corrected chi connectivity index (χ1v) is 9.22. The molecule has 0 spiro atoms. The Hall–Kier alpha value is -1.69. The largest absolute Gasteiger partial charge is 0.481 e. The van der Waals surface area contributed by atoms with Gasteiger partial charge in [-0.05, 0) is 51.0 Å². The van der Waals surface area contributed by atoms with Crippen molar-refractivity contribution in [2.75, 3.05) is 18.0 Å². The second-order valence-corrected chi connectivity index (χ2v) is 7.69. The maximum Gasteiger partial charge on any atom is 0.308 e. The molecule has 4 rings (SSSR count). The monoisotopic (exact) mass is 331 g/mol. The minimum absolute atomic E-state index is 0.288. The number of aryl methyl sites for hydroxylation is 3. The van der Waals surface area contributed by atoms with Crippen molar-refractivity contribution in [1.29, 1.82) is 0 Å². The molecule has 0 radical (unpaired) electrons. The second kappa shape index (κ2) is 5.74. The molecule has 0 aromatic carbocycles. The Kier molecular flexibility index (Phi) is 3.71. The molecule has 6 heteroatoms. The second-order valence-electron chi connectivity index (χ2n) is 6.61. The number of carboxylic acid groups (broad SMARTS) is 1. The van der Waals surface area contributed by atoms with E-state index in [1.54, 1.807) is 11.3 Å². The number of piperidine rings is 1. The maximum absolute atomic E-state index is 11.4. The van der Waals surface area contributed by atoms with Crippen LogP contribution in [0.4, 0.5) is 5.82 Å². The zero-order valence-corrected chi connectivity index (χ0v) is 14.2. The number of aromatic nitrogens is 2. The topological polar surface area (TPSA) is 66.3 Å². The van der Waals surface area contributed by atoms with Crippen LogP contribution >= 0.6 is 11.3 Å². The average Bonchev–Trinajstić information content (AvgIpc) is 2.92. The fourth-order valence-corrected chi connectivity index (χ4v) is 5.14. The number of hydrogen-bond acceptors (Lipinski definition) is 5. The van der Waals surface area contributed by atoms with Gasteiger partial charge in [0.15, 0.2) is 0 Å². The van der Waals surface area contributed by atoms with Crippen molar-refractivity contribution in [1.82, 2.24) is 9.97 Å². The van der Waals surface area contributed by atoms with Gasteiger partial charge in [-0.2, -0.15) is 0 Å². The van der Waals surface area contributed by atoms with Gasteiger partial charge in [-0.1, -0.05) is 0 Å². The fourth-order valence-electron chi connectivity index (χ4n) is 3.84. The Bertz CT molecular complexity index is 771. The van der Waals surface area contributed by atoms with Gasteiger partial charge in [-0.15, -0.1) is 11.3 Å². The lowest BCUT2D eigenvalue weighted by Gasteiger charge is -2.32. The number of carbonyl (C=O) groups is 1. The number of anilines is 1. The summed E-state index contributed by atoms with van der Waals surface area (Å²) in [5.41, 5.74) is 1.42. The van der Waals surface area contributed by atoms with Crippen molar-refractivity contribution in [2.45, 2.75) is 45.4 Å². The number of aliphatic carboxylic acids is 1. The lowest BCUT2D eigenvalue weighted by molar-refractivity contribution is -0.141. The molecule has 1 fully saturated rings. The molecule has 1 aliphatic heterocycles. The van der Waals surface area contributed by atoms with E-state index in [9.17, 15) is 9.90 Å². The standard InChI is InChI=1S/C17H21N3O2S/c1-10-18-15(20-8-4-5-11(9-20)17(21)22)14-12-6-2-3-7-13(12)23-16(14)19-10/h11H,2-9H2,1H3,(H,21,22). The third kappa shape index (κ3) is 2.59. The lowest BCUT2D eigenvalue weighted by Crippen LogP contribution is -2.39. The van der Waals surface area contributed by atoms with Crippen LogP contribution in [0.3, 0.4) is 0 Å². The molecular formula is C17H21N3O2S. The molecule has 1 unspecified atom stereocenters. The number of thiophene rings is 1. The molecule has 2 aliphatic rings. The van der Waals surface area contributed by atoms with E-state index in [2.05, 4.69) is 9.88 Å². The van der Waals surface area contributed by atoms with Crippen molar-refractivity contribution >= 4 is 33.3 Å². The summed E-state index contributed by atoms with van der Waals surface area (Å²) >= 11 is 1.81. The summed E-state index contributed by atoms with van der Waals surface area (Å²) in [6.07, 6.45) is 6.41. The Balaban J connectivity index is 1.82. The van der Waals surface area contributed by atoms with Gasteiger partial charge in [-0.25, -0.2) is 9.97 Å². The van der Waals surface area contributed by atoms with Gasteiger partial charge in [0, 0.05) is 18.0 Å². The van der Waals surface area contributed by atoms with Crippen molar-refractivity contribution in [3.05, 3.63) is 16.3 Å². The highest BCUT2D eigenvalue weighted by atomic mass is 32.1. The lowest BCUT2D eigenvalue weighted by atomic mass is 9.95. The summed E-state index contributed by atoms with van der Waals surface area (Å²) in [4.78, 5) is 25.5. The predicted molar refractivity (Wildman–Crippen MR) is 91.4 cm³/mol. The van der Waals surface area contributed by atoms with Gasteiger partial charge >= 0.3 is 5.97 Å². The number of hydrogen-bond donors (Lipinski definition) is 1. The van der Waals surface area contributed by atoms with E-state index in [1.165, 1.54) is 28.7 Å². The average molecular weight is 331 g/mol. The summed E-state index contributed by atoms with van der Waals surface area (Å²) in [6, 6.07) is 0. The Morgan fingerprint density at radius 1 is 1.26 bits per heavy atom. The highest BCUT2D eigenvalue weighted by molar-refractivity contribution is 7.19. The Morgan fingerprint density at radius 3 is 2.91 bits per heavy atom. The zero-order valence-electron chi connectivity index (χ0n) is 13.3. The number of fused-ring (bicyclic) bond motifs is 3. The van der Waals surface area contributed by atoms with E-state index in [-0.39, 0.29) is 5.92 Å². The molecule has 0 saturated carbocycles. The Labute approximate surface area is 139 Å². The molecule has 0 amide bonds. The molecule has 1 atom stereocenters. The van der Waals surface area contributed by atoms with E-state index < -0.39 is 5.97 Å². The van der Waals surface area contributed by atoms with Crippen LogP contribution in [0, 0.1) is 12.8 Å². The fraction of sp³-hybridized carbons (Fsp3) is 0.588. The van der Waals surface area contributed by atoms with Crippen LogP contribution in [0.15, 0.2) is 0 Å². The van der Waals surface area contributed by atoms with Crippen LogP contribution < -0.4 is 4.90 Å². The van der Waals surface area contributed by atoms with Crippen LogP contribution in [-0.2, 0) is 17.6 Å². The summed E-state index contributed by atoms with van der Waals surface area (Å²) in [5, 5.41) is 10.6. The van der Waals surface area contributed by atoms with E-state index in [1.807, 2.05) is 6.92 Å². The summed E-state index contributed by atoms with van der Waals surface area (Å²) < 4.78 is 0. The number of rotatable bonds is 2. The zero-order chi connectivity index (χ0) is 16.0. The molecule has 2 aromatic rings. The van der Waals surface area contributed by atoms with Gasteiger partial charge in [0.1, 0.15) is 16.5 Å². The van der Waals surface area contributed by atoms with E-state index >= 15 is 0 Å². The summed E-state index contributed by atoms with van der Waals surface area (Å²) in [5.74, 6) is 0.772. The van der Waals surface area contributed by atoms with Crippen molar-refractivity contribution in [3.8, 4) is 0 Å². The number of nitrogens with zero attached hydrogens (tertiary/aromatic N) is 3. The molecule has 1 aliphatic carbocycles. The molecule has 23 heavy (non-hydrogen) atoms. The third-order valence-electron chi connectivity index (χ3n) is 4.98. The molecule has 5 nitrogen and oxygen atoms in total. The SMILES string of the molecule is Cc1nc(N2CCCC(C(=O)O)C2)c2c3c(sc2n1)CCCC3. The van der Waals surface area contributed by atoms with Crippen LogP contribution in [0.2, 0.25) is 0 Å². The van der Waals surface area contributed by atoms with Crippen molar-refractivity contribution in [3.63, 3.8) is 0 Å². The quantitative estimate of drug-likeness (QED) is 0.915. The van der Waals surface area contributed by atoms with Crippen LogP contribution in [0.5, 0.6) is 0 Å². The Morgan fingerprint density at radius 2 is 2.09 bits per heavy atom. The molecule has 3 heterocycles. The van der Waals surface area contributed by atoms with E-state index in [0.29, 0.717) is 6.54 Å². The van der Waals surface area contributed by atoms with Crippen LogP contribution in [-0.4, -0.2) is 34.1 Å². The molecular weight excluding hydrogens is 310 g/mol. The molecule has 2 aromatic heterocycles. The minimum Gasteiger partial charge on any atom is -0.481 e. The molecule has 122 valence electrons. The van der Waals surface area contributed by atoms with Crippen molar-refractivity contribution < 1.29 is 9.90 Å². The maximum atomic E-state index is 11.4. The van der Waals surface area contributed by atoms with Gasteiger partial charge in [0.25, 0.3) is 0 Å². The first-order valence-electron chi connectivity index (χ1n) is 8.40. The molecule has 1 N–H and O–H groups in total. The predicted octanol–water partition coefficient (Wildman–Crippen LogP) is 3.18. The number of carboxylic acids is 1.